The lowest BCUT2D eigenvalue weighted by Crippen LogP contribution is -2.55. The van der Waals surface area contributed by atoms with Gasteiger partial charge in [-0.3, -0.25) is 18.9 Å². The molecule has 12 heteroatoms. The summed E-state index contributed by atoms with van der Waals surface area (Å²) in [6.45, 7) is 3.36. The van der Waals surface area contributed by atoms with Crippen molar-refractivity contribution in [3.8, 4) is 0 Å². The molecule has 0 aliphatic heterocycles. The number of nitrogens with two attached hydrogens (primary N) is 1. The topological polar surface area (TPSA) is 196 Å². The fraction of sp³-hybridized carbons (Fsp3) is 0.609. The summed E-state index contributed by atoms with van der Waals surface area (Å²) in [4.78, 5) is 34.7. The average molecular weight is 516 g/mol. The molecule has 11 nitrogen and oxygen atoms in total. The Balaban J connectivity index is 0.000000462. The summed E-state index contributed by atoms with van der Waals surface area (Å²) >= 11 is 0. The zero-order valence-corrected chi connectivity index (χ0v) is 21.0. The molecule has 0 spiro atoms. The Morgan fingerprint density at radius 1 is 1.09 bits per heavy atom. The van der Waals surface area contributed by atoms with Crippen LogP contribution in [0.3, 0.4) is 0 Å². The van der Waals surface area contributed by atoms with E-state index in [1.54, 1.807) is 12.1 Å². The first-order chi connectivity index (χ1) is 16.4. The number of hydrogen-bond donors (Lipinski definition) is 6. The number of aryl methyl sites for hydroxylation is 1. The minimum absolute atomic E-state index is 0.0312. The van der Waals surface area contributed by atoms with Crippen LogP contribution in [0.2, 0.25) is 0 Å². The number of nitrogens with one attached hydrogen (secondary N) is 2. The lowest BCUT2D eigenvalue weighted by molar-refractivity contribution is -0.139. The maximum Gasteiger partial charge on any atom is 0.305 e. The zero-order valence-electron chi connectivity index (χ0n) is 20.1. The lowest BCUT2D eigenvalue weighted by atomic mass is 9.92. The van der Waals surface area contributed by atoms with E-state index in [1.165, 1.54) is 12.1 Å². The number of amides is 2. The van der Waals surface area contributed by atoms with Gasteiger partial charge in [0.05, 0.1) is 24.0 Å². The van der Waals surface area contributed by atoms with Gasteiger partial charge in [-0.15, -0.1) is 0 Å². The van der Waals surface area contributed by atoms with E-state index < -0.39 is 53.0 Å². The number of benzene rings is 1. The predicted octanol–water partition coefficient (Wildman–Crippen LogP) is 0.982. The Morgan fingerprint density at radius 2 is 1.69 bits per heavy atom. The molecule has 35 heavy (non-hydrogen) atoms. The third kappa shape index (κ3) is 11.2. The van der Waals surface area contributed by atoms with Crippen LogP contribution in [0.5, 0.6) is 0 Å². The minimum atomic E-state index is -4.02. The monoisotopic (exact) mass is 515 g/mol. The van der Waals surface area contributed by atoms with E-state index in [-0.39, 0.29) is 10.9 Å². The normalized spacial score (nSPS) is 19.8. The van der Waals surface area contributed by atoms with Crippen LogP contribution in [-0.2, 0) is 24.5 Å². The lowest BCUT2D eigenvalue weighted by Gasteiger charge is -2.27. The highest BCUT2D eigenvalue weighted by Crippen LogP contribution is 2.25. The number of aliphatic carboxylic acids is 1. The van der Waals surface area contributed by atoms with Gasteiger partial charge in [-0.2, -0.15) is 8.42 Å². The third-order valence-corrected chi connectivity index (χ3v) is 6.74. The van der Waals surface area contributed by atoms with Crippen LogP contribution in [0.1, 0.15) is 57.4 Å². The van der Waals surface area contributed by atoms with Gasteiger partial charge in [0.1, 0.15) is 6.04 Å². The summed E-state index contributed by atoms with van der Waals surface area (Å²) in [5.41, 5.74) is 6.42. The Bertz CT molecular complexity index is 937. The standard InChI is InChI=1S/C16H29N3O5.C7H8O3S/c1-2-10-6-4-3-5-7-12(10)18-16(24)13(9-20)19-15(23)11(17)8-14(21)22;1-6-2-4-7(5-3-6)11(8,9)10/h10-13,20H,2-9,17H2,1H3,(H,18,24)(H,19,23)(H,21,22);2-5H,1H3,(H,8,9,10)/t10?,11-,12?,13+;/m0./s1. The van der Waals surface area contributed by atoms with Crippen molar-refractivity contribution >= 4 is 27.9 Å². The molecule has 7 N–H and O–H groups in total. The van der Waals surface area contributed by atoms with Gasteiger partial charge in [0.2, 0.25) is 11.8 Å². The van der Waals surface area contributed by atoms with Gasteiger partial charge in [0, 0.05) is 6.04 Å². The number of rotatable bonds is 9. The van der Waals surface area contributed by atoms with Crippen molar-refractivity contribution in [2.75, 3.05) is 6.61 Å². The molecule has 4 atom stereocenters. The van der Waals surface area contributed by atoms with Gasteiger partial charge >= 0.3 is 5.97 Å². The fourth-order valence-corrected chi connectivity index (χ4v) is 4.29. The van der Waals surface area contributed by atoms with Gasteiger partial charge in [0.25, 0.3) is 10.1 Å². The number of hydrogen-bond acceptors (Lipinski definition) is 7. The van der Waals surface area contributed by atoms with Crippen molar-refractivity contribution < 1.29 is 37.6 Å². The first-order valence-corrected chi connectivity index (χ1v) is 13.1. The van der Waals surface area contributed by atoms with Crippen LogP contribution in [0, 0.1) is 12.8 Å². The number of carboxylic acid groups (broad SMARTS) is 1. The number of aliphatic hydroxyl groups is 1. The Labute approximate surface area is 206 Å². The molecule has 0 aromatic heterocycles. The summed E-state index contributed by atoms with van der Waals surface area (Å²) in [6.07, 6.45) is 5.70. The summed E-state index contributed by atoms with van der Waals surface area (Å²) in [5.74, 6) is -2.04. The largest absolute Gasteiger partial charge is 0.481 e. The maximum absolute atomic E-state index is 12.4. The molecule has 2 rings (SSSR count). The van der Waals surface area contributed by atoms with E-state index in [1.807, 2.05) is 6.92 Å². The van der Waals surface area contributed by atoms with E-state index in [0.29, 0.717) is 5.92 Å². The van der Waals surface area contributed by atoms with Crippen molar-refractivity contribution in [2.45, 2.75) is 81.8 Å². The molecular formula is C23H37N3O8S. The highest BCUT2D eigenvalue weighted by atomic mass is 32.2. The molecule has 2 amide bonds. The molecule has 0 bridgehead atoms. The van der Waals surface area contributed by atoms with Gasteiger partial charge < -0.3 is 26.6 Å². The van der Waals surface area contributed by atoms with Gasteiger partial charge in [0.15, 0.2) is 0 Å². The van der Waals surface area contributed by atoms with E-state index in [4.69, 9.17) is 15.4 Å². The van der Waals surface area contributed by atoms with Crippen molar-refractivity contribution in [3.63, 3.8) is 0 Å². The Hall–Kier alpha value is -2.54. The minimum Gasteiger partial charge on any atom is -0.481 e. The number of carbonyl (C=O) groups excluding carboxylic acids is 2. The second kappa shape index (κ2) is 14.8. The summed E-state index contributed by atoms with van der Waals surface area (Å²) in [6, 6.07) is 3.63. The molecule has 2 unspecified atom stereocenters. The van der Waals surface area contributed by atoms with E-state index in [9.17, 15) is 27.9 Å². The van der Waals surface area contributed by atoms with Crippen molar-refractivity contribution in [2.24, 2.45) is 11.7 Å². The smallest absolute Gasteiger partial charge is 0.305 e. The van der Waals surface area contributed by atoms with Gasteiger partial charge in [-0.25, -0.2) is 0 Å². The molecule has 1 fully saturated rings. The molecular weight excluding hydrogens is 478 g/mol. The zero-order chi connectivity index (χ0) is 26.6. The molecule has 1 saturated carbocycles. The third-order valence-electron chi connectivity index (χ3n) is 5.88. The van der Waals surface area contributed by atoms with Crippen molar-refractivity contribution in [1.29, 1.82) is 0 Å². The molecule has 0 heterocycles. The van der Waals surface area contributed by atoms with Crippen LogP contribution in [0.4, 0.5) is 0 Å². The molecule has 1 aliphatic carbocycles. The number of carbonyl (C=O) groups is 3. The predicted molar refractivity (Wildman–Crippen MR) is 129 cm³/mol. The summed E-state index contributed by atoms with van der Waals surface area (Å²) < 4.78 is 29.6. The van der Waals surface area contributed by atoms with Gasteiger partial charge in [-0.1, -0.05) is 50.3 Å². The highest BCUT2D eigenvalue weighted by molar-refractivity contribution is 7.85. The second-order valence-electron chi connectivity index (χ2n) is 8.66. The quantitative estimate of drug-likeness (QED) is 0.205. The second-order valence-corrected chi connectivity index (χ2v) is 10.1. The number of aliphatic hydroxyl groups excluding tert-OH is 1. The molecule has 198 valence electrons. The van der Waals surface area contributed by atoms with Crippen LogP contribution in [-0.4, -0.2) is 65.7 Å². The average Bonchev–Trinajstić information content (AvgIpc) is 3.01. The first-order valence-electron chi connectivity index (χ1n) is 11.6. The van der Waals surface area contributed by atoms with Crippen LogP contribution >= 0.6 is 0 Å². The van der Waals surface area contributed by atoms with Gasteiger partial charge in [-0.05, 0) is 37.8 Å². The SMILES string of the molecule is CCC1CCCCCC1NC(=O)[C@@H](CO)NC(=O)[C@@H](N)CC(=O)O.Cc1ccc(S(=O)(=O)O)cc1. The molecule has 0 radical (unpaired) electrons. The first kappa shape index (κ1) is 30.5. The maximum atomic E-state index is 12.4. The summed E-state index contributed by atoms with van der Waals surface area (Å²) in [5, 5.41) is 23.3. The molecule has 1 aromatic carbocycles. The Kier molecular flexibility index (Phi) is 12.9. The van der Waals surface area contributed by atoms with E-state index >= 15 is 0 Å². The van der Waals surface area contributed by atoms with Crippen LogP contribution < -0.4 is 16.4 Å². The van der Waals surface area contributed by atoms with Crippen LogP contribution in [0.15, 0.2) is 29.2 Å². The Morgan fingerprint density at radius 3 is 2.20 bits per heavy atom. The van der Waals surface area contributed by atoms with Crippen LogP contribution in [0.25, 0.3) is 0 Å². The number of carboxylic acids is 1. The van der Waals surface area contributed by atoms with E-state index in [0.717, 1.165) is 44.1 Å². The molecule has 1 aliphatic rings. The van der Waals surface area contributed by atoms with E-state index in [2.05, 4.69) is 17.6 Å². The fourth-order valence-electron chi connectivity index (χ4n) is 3.81. The van der Waals surface area contributed by atoms with Crippen molar-refractivity contribution in [3.05, 3.63) is 29.8 Å². The highest BCUT2D eigenvalue weighted by Gasteiger charge is 2.29. The molecule has 1 aromatic rings. The van der Waals surface area contributed by atoms with Crippen molar-refractivity contribution in [1.82, 2.24) is 10.6 Å². The molecule has 0 saturated heterocycles. The summed E-state index contributed by atoms with van der Waals surface area (Å²) in [7, 11) is -4.02.